The Hall–Kier alpha value is -3.20. The third kappa shape index (κ3) is 4.65. The van der Waals surface area contributed by atoms with E-state index >= 15 is 0 Å². The molecule has 1 heterocycles. The van der Waals surface area contributed by atoms with Gasteiger partial charge in [0.15, 0.2) is 6.61 Å². The van der Waals surface area contributed by atoms with Crippen LogP contribution in [0, 0.1) is 32.1 Å². The zero-order chi connectivity index (χ0) is 17.5. The maximum absolute atomic E-state index is 11.8. The number of hydrogen-bond donors (Lipinski definition) is 1. The predicted octanol–water partition coefficient (Wildman–Crippen LogP) is 2.41. The molecule has 0 radical (unpaired) electrons. The number of nitrogens with one attached hydrogen (secondary N) is 1. The van der Waals surface area contributed by atoms with Crippen LogP contribution in [0.25, 0.3) is 0 Å². The summed E-state index contributed by atoms with van der Waals surface area (Å²) in [5, 5.41) is 13.0. The smallest absolute Gasteiger partial charge is 0.278 e. The molecule has 1 aromatic carbocycles. The lowest BCUT2D eigenvalue weighted by atomic mass is 10.1. The number of ether oxygens (including phenoxy) is 1. The number of nitrogens with zero attached hydrogens (tertiary/aromatic N) is 3. The van der Waals surface area contributed by atoms with Gasteiger partial charge >= 0.3 is 0 Å². The van der Waals surface area contributed by atoms with E-state index in [2.05, 4.69) is 15.5 Å². The van der Waals surface area contributed by atoms with Crippen molar-refractivity contribution in [3.05, 3.63) is 58.3 Å². The highest BCUT2D eigenvalue weighted by molar-refractivity contribution is 5.82. The molecule has 1 N–H and O–H groups in total. The first-order valence-corrected chi connectivity index (χ1v) is 7.39. The van der Waals surface area contributed by atoms with E-state index in [1.807, 2.05) is 37.3 Å². The van der Waals surface area contributed by atoms with Crippen molar-refractivity contribution in [1.29, 1.82) is 5.26 Å². The van der Waals surface area contributed by atoms with Crippen LogP contribution < -0.4 is 10.2 Å². The van der Waals surface area contributed by atoms with E-state index in [1.165, 1.54) is 0 Å². The molecule has 6 nitrogen and oxygen atoms in total. The molecule has 2 aromatic rings. The SMILES string of the molecule is Cc1ccc(C=NNC(=O)COc2nc(C)cc(C)c2C#N)cc1. The average molecular weight is 322 g/mol. The summed E-state index contributed by atoms with van der Waals surface area (Å²) in [7, 11) is 0. The van der Waals surface area contributed by atoms with Gasteiger partial charge in [-0.15, -0.1) is 0 Å². The number of hydrazone groups is 1. The minimum atomic E-state index is -0.428. The monoisotopic (exact) mass is 322 g/mol. The summed E-state index contributed by atoms with van der Waals surface area (Å²) in [4.78, 5) is 15.9. The quantitative estimate of drug-likeness (QED) is 0.676. The number of amides is 1. The molecule has 0 saturated heterocycles. The van der Waals surface area contributed by atoms with Crippen molar-refractivity contribution in [3.63, 3.8) is 0 Å². The number of rotatable bonds is 5. The van der Waals surface area contributed by atoms with Crippen LogP contribution in [-0.4, -0.2) is 23.7 Å². The Morgan fingerprint density at radius 3 is 2.71 bits per heavy atom. The summed E-state index contributed by atoms with van der Waals surface area (Å²) in [6.45, 7) is 5.32. The molecule has 0 aliphatic heterocycles. The maximum atomic E-state index is 11.8. The summed E-state index contributed by atoms with van der Waals surface area (Å²) in [5.41, 5.74) is 6.22. The standard InChI is InChI=1S/C18H18N4O2/c1-12-4-6-15(7-5-12)10-20-22-17(23)11-24-18-16(9-19)13(2)8-14(3)21-18/h4-8,10H,11H2,1-3H3,(H,22,23). The second-order valence-electron chi connectivity index (χ2n) is 5.37. The molecule has 24 heavy (non-hydrogen) atoms. The highest BCUT2D eigenvalue weighted by atomic mass is 16.5. The lowest BCUT2D eigenvalue weighted by Gasteiger charge is -2.08. The number of nitriles is 1. The largest absolute Gasteiger partial charge is 0.467 e. The second-order valence-corrected chi connectivity index (χ2v) is 5.37. The molecule has 0 atom stereocenters. The van der Waals surface area contributed by atoms with Crippen LogP contribution in [0.5, 0.6) is 5.88 Å². The van der Waals surface area contributed by atoms with E-state index in [1.54, 1.807) is 26.1 Å². The van der Waals surface area contributed by atoms with Crippen LogP contribution in [0.2, 0.25) is 0 Å². The number of pyridine rings is 1. The zero-order valence-electron chi connectivity index (χ0n) is 13.8. The fraction of sp³-hybridized carbons (Fsp3) is 0.222. The fourth-order valence-electron chi connectivity index (χ4n) is 2.04. The van der Waals surface area contributed by atoms with Crippen LogP contribution in [0.4, 0.5) is 0 Å². The van der Waals surface area contributed by atoms with Crippen molar-refractivity contribution in [1.82, 2.24) is 10.4 Å². The Kier molecular flexibility index (Phi) is 5.63. The van der Waals surface area contributed by atoms with Gasteiger partial charge in [0.1, 0.15) is 11.6 Å². The molecule has 6 heteroatoms. The van der Waals surface area contributed by atoms with Gasteiger partial charge < -0.3 is 4.74 Å². The van der Waals surface area contributed by atoms with Crippen LogP contribution in [0.15, 0.2) is 35.4 Å². The first kappa shape index (κ1) is 17.2. The highest BCUT2D eigenvalue weighted by Gasteiger charge is 2.11. The van der Waals surface area contributed by atoms with Gasteiger partial charge in [-0.05, 0) is 38.0 Å². The molecule has 0 aliphatic rings. The molecule has 0 aliphatic carbocycles. The molecule has 2 rings (SSSR count). The summed E-state index contributed by atoms with van der Waals surface area (Å²) in [6, 6.07) is 11.5. The van der Waals surface area contributed by atoms with Gasteiger partial charge in [-0.3, -0.25) is 4.79 Å². The van der Waals surface area contributed by atoms with Crippen molar-refractivity contribution in [2.24, 2.45) is 5.10 Å². The van der Waals surface area contributed by atoms with E-state index in [0.29, 0.717) is 5.56 Å². The van der Waals surface area contributed by atoms with Gasteiger partial charge in [0.05, 0.1) is 6.21 Å². The molecular weight excluding hydrogens is 304 g/mol. The number of carbonyl (C=O) groups is 1. The third-order valence-corrected chi connectivity index (χ3v) is 3.24. The van der Waals surface area contributed by atoms with Crippen molar-refractivity contribution >= 4 is 12.1 Å². The topological polar surface area (TPSA) is 87.4 Å². The summed E-state index contributed by atoms with van der Waals surface area (Å²) < 4.78 is 5.35. The van der Waals surface area contributed by atoms with Crippen LogP contribution in [-0.2, 0) is 4.79 Å². The Balaban J connectivity index is 1.92. The molecule has 0 bridgehead atoms. The number of carbonyl (C=O) groups excluding carboxylic acids is 1. The second kappa shape index (κ2) is 7.88. The number of benzene rings is 1. The summed E-state index contributed by atoms with van der Waals surface area (Å²) in [6.07, 6.45) is 1.55. The maximum Gasteiger partial charge on any atom is 0.278 e. The molecular formula is C18H18N4O2. The highest BCUT2D eigenvalue weighted by Crippen LogP contribution is 2.19. The lowest BCUT2D eigenvalue weighted by molar-refractivity contribution is -0.123. The molecule has 122 valence electrons. The minimum absolute atomic E-state index is 0.160. The van der Waals surface area contributed by atoms with E-state index < -0.39 is 5.91 Å². The van der Waals surface area contributed by atoms with E-state index in [4.69, 9.17) is 10.00 Å². The summed E-state index contributed by atoms with van der Waals surface area (Å²) >= 11 is 0. The van der Waals surface area contributed by atoms with E-state index in [9.17, 15) is 4.79 Å². The van der Waals surface area contributed by atoms with E-state index in [0.717, 1.165) is 22.4 Å². The Labute approximate surface area is 140 Å². The normalized spacial score (nSPS) is 10.4. The Morgan fingerprint density at radius 1 is 1.33 bits per heavy atom. The summed E-state index contributed by atoms with van der Waals surface area (Å²) in [5.74, 6) is -0.268. The Morgan fingerprint density at radius 2 is 2.04 bits per heavy atom. The van der Waals surface area contributed by atoms with Crippen molar-refractivity contribution < 1.29 is 9.53 Å². The number of hydrogen-bond acceptors (Lipinski definition) is 5. The molecule has 0 fully saturated rings. The third-order valence-electron chi connectivity index (χ3n) is 3.24. The fourth-order valence-corrected chi connectivity index (χ4v) is 2.04. The van der Waals surface area contributed by atoms with Crippen molar-refractivity contribution in [2.45, 2.75) is 20.8 Å². The van der Waals surface area contributed by atoms with Gasteiger partial charge in [-0.25, -0.2) is 10.4 Å². The van der Waals surface area contributed by atoms with Gasteiger partial charge in [0.2, 0.25) is 5.88 Å². The van der Waals surface area contributed by atoms with Gasteiger partial charge in [0, 0.05) is 5.69 Å². The van der Waals surface area contributed by atoms with Gasteiger partial charge in [0.25, 0.3) is 5.91 Å². The number of aryl methyl sites for hydroxylation is 3. The number of aromatic nitrogens is 1. The van der Waals surface area contributed by atoms with Crippen LogP contribution in [0.1, 0.15) is 27.9 Å². The first-order valence-electron chi connectivity index (χ1n) is 7.39. The molecule has 0 unspecified atom stereocenters. The predicted molar refractivity (Wildman–Crippen MR) is 90.8 cm³/mol. The van der Waals surface area contributed by atoms with Crippen LogP contribution in [0.3, 0.4) is 0 Å². The molecule has 1 aromatic heterocycles. The van der Waals surface area contributed by atoms with E-state index in [-0.39, 0.29) is 12.5 Å². The minimum Gasteiger partial charge on any atom is -0.467 e. The molecule has 1 amide bonds. The van der Waals surface area contributed by atoms with Gasteiger partial charge in [-0.2, -0.15) is 10.4 Å². The molecule has 0 saturated carbocycles. The Bertz CT molecular complexity index is 805. The first-order chi connectivity index (χ1) is 11.5. The van der Waals surface area contributed by atoms with Crippen molar-refractivity contribution in [2.75, 3.05) is 6.61 Å². The van der Waals surface area contributed by atoms with Crippen molar-refractivity contribution in [3.8, 4) is 11.9 Å². The average Bonchev–Trinajstić information content (AvgIpc) is 2.54. The van der Waals surface area contributed by atoms with Gasteiger partial charge in [-0.1, -0.05) is 29.8 Å². The van der Waals surface area contributed by atoms with Crippen LogP contribution >= 0.6 is 0 Å². The molecule has 0 spiro atoms. The lowest BCUT2D eigenvalue weighted by Crippen LogP contribution is -2.25. The zero-order valence-corrected chi connectivity index (χ0v) is 13.8.